The van der Waals surface area contributed by atoms with Gasteiger partial charge in [-0.1, -0.05) is 12.1 Å². The van der Waals surface area contributed by atoms with Gasteiger partial charge in [-0.25, -0.2) is 9.78 Å². The number of methoxy groups -OCH3 is 2. The minimum Gasteiger partial charge on any atom is -0.497 e. The van der Waals surface area contributed by atoms with Crippen LogP contribution in [0.5, 0.6) is 11.5 Å². The quantitative estimate of drug-likeness (QED) is 0.238. The summed E-state index contributed by atoms with van der Waals surface area (Å²) in [6.07, 6.45) is 1.32. The molecule has 0 aliphatic heterocycles. The molecule has 2 N–H and O–H groups in total. The third-order valence-corrected chi connectivity index (χ3v) is 4.76. The highest BCUT2D eigenvalue weighted by Gasteiger charge is 2.16. The highest BCUT2D eigenvalue weighted by molar-refractivity contribution is 8.04. The van der Waals surface area contributed by atoms with Gasteiger partial charge in [0.15, 0.2) is 5.82 Å². The van der Waals surface area contributed by atoms with Crippen molar-refractivity contribution in [1.82, 2.24) is 15.2 Å². The molecule has 0 bridgehead atoms. The molecule has 11 heteroatoms. The summed E-state index contributed by atoms with van der Waals surface area (Å²) in [6.45, 7) is 0. The van der Waals surface area contributed by atoms with E-state index in [-0.39, 0.29) is 15.7 Å². The first-order chi connectivity index (χ1) is 14.4. The molecule has 1 heterocycles. The van der Waals surface area contributed by atoms with E-state index in [2.05, 4.69) is 15.2 Å². The van der Waals surface area contributed by atoms with Crippen molar-refractivity contribution >= 4 is 29.5 Å². The van der Waals surface area contributed by atoms with Gasteiger partial charge in [0.2, 0.25) is 5.16 Å². The van der Waals surface area contributed by atoms with Crippen LogP contribution >= 0.6 is 11.8 Å². The number of hydrogen-bond acceptors (Lipinski definition) is 8. The van der Waals surface area contributed by atoms with Crippen LogP contribution in [0.2, 0.25) is 0 Å². The molecule has 0 amide bonds. The number of benzene rings is 2. The summed E-state index contributed by atoms with van der Waals surface area (Å²) >= 11 is 0.817. The molecule has 0 radical (unpaired) electrons. The van der Waals surface area contributed by atoms with Gasteiger partial charge in [0, 0.05) is 23.8 Å². The second-order valence-electron chi connectivity index (χ2n) is 5.84. The fourth-order valence-corrected chi connectivity index (χ4v) is 3.19. The van der Waals surface area contributed by atoms with Crippen LogP contribution in [-0.4, -0.2) is 45.4 Å². The van der Waals surface area contributed by atoms with Crippen LogP contribution in [0.1, 0.15) is 5.56 Å². The van der Waals surface area contributed by atoms with Gasteiger partial charge in [-0.05, 0) is 35.5 Å². The fraction of sp³-hybridized carbons (Fsp3) is 0.105. The smallest absolute Gasteiger partial charge is 0.342 e. The number of hydrogen-bond donors (Lipinski definition) is 2. The van der Waals surface area contributed by atoms with E-state index < -0.39 is 10.9 Å². The number of thioether (sulfide) groups is 1. The molecule has 0 saturated carbocycles. The third-order valence-electron chi connectivity index (χ3n) is 3.88. The first kappa shape index (κ1) is 20.9. The summed E-state index contributed by atoms with van der Waals surface area (Å²) in [5.74, 6) is 0.314. The van der Waals surface area contributed by atoms with Crippen molar-refractivity contribution in [3.63, 3.8) is 0 Å². The lowest BCUT2D eigenvalue weighted by Gasteiger charge is -2.06. The van der Waals surface area contributed by atoms with Crippen molar-refractivity contribution in [3.05, 3.63) is 63.0 Å². The van der Waals surface area contributed by atoms with Gasteiger partial charge in [-0.15, -0.1) is 5.10 Å². The number of nitro benzene ring substituents is 1. The zero-order valence-electron chi connectivity index (χ0n) is 15.9. The van der Waals surface area contributed by atoms with Crippen molar-refractivity contribution in [2.45, 2.75) is 5.16 Å². The number of nitrogens with one attached hydrogen (secondary N) is 1. The minimum absolute atomic E-state index is 0.0933. The van der Waals surface area contributed by atoms with Gasteiger partial charge < -0.3 is 14.6 Å². The summed E-state index contributed by atoms with van der Waals surface area (Å²) in [7, 11) is 3.05. The Labute approximate surface area is 174 Å². The number of carboxylic acid groups (broad SMARTS) is 1. The van der Waals surface area contributed by atoms with Gasteiger partial charge in [0.25, 0.3) is 5.69 Å². The molecule has 0 spiro atoms. The van der Waals surface area contributed by atoms with Gasteiger partial charge in [0.05, 0.1) is 19.1 Å². The number of nitro groups is 1. The molecule has 0 aliphatic rings. The number of carbonyl (C=O) groups is 1. The van der Waals surface area contributed by atoms with Crippen LogP contribution in [0.15, 0.2) is 52.5 Å². The van der Waals surface area contributed by atoms with E-state index in [1.165, 1.54) is 38.5 Å². The average Bonchev–Trinajstić information content (AvgIpc) is 3.21. The van der Waals surface area contributed by atoms with E-state index in [1.54, 1.807) is 24.3 Å². The number of aliphatic carboxylic acids is 1. The number of ether oxygens (including phenoxy) is 2. The van der Waals surface area contributed by atoms with E-state index in [1.807, 2.05) is 0 Å². The summed E-state index contributed by atoms with van der Waals surface area (Å²) in [6, 6.07) is 10.8. The number of nitrogens with zero attached hydrogens (tertiary/aromatic N) is 3. The Balaban J connectivity index is 1.88. The average molecular weight is 428 g/mol. The molecular weight excluding hydrogens is 412 g/mol. The Kier molecular flexibility index (Phi) is 6.32. The molecule has 0 aliphatic carbocycles. The molecule has 0 fully saturated rings. The van der Waals surface area contributed by atoms with E-state index in [0.717, 1.165) is 11.8 Å². The predicted octanol–water partition coefficient (Wildman–Crippen LogP) is 3.61. The molecule has 0 unspecified atom stereocenters. The van der Waals surface area contributed by atoms with Crippen LogP contribution in [0.3, 0.4) is 0 Å². The molecule has 154 valence electrons. The standard InChI is InChI=1S/C19H16N4O6S/c1-28-14-8-12(9-15(10-14)29-2)17-20-19(22-21-17)30-16(18(24)25)7-11-4-3-5-13(6-11)23(26)27/h3-10H,1-2H3,(H,24,25)(H,20,21,22)/b16-7-. The van der Waals surface area contributed by atoms with Crippen LogP contribution < -0.4 is 9.47 Å². The normalized spacial score (nSPS) is 11.2. The maximum Gasteiger partial charge on any atom is 0.342 e. The van der Waals surface area contributed by atoms with Crippen molar-refractivity contribution in [1.29, 1.82) is 0 Å². The molecule has 30 heavy (non-hydrogen) atoms. The Morgan fingerprint density at radius 2 is 1.90 bits per heavy atom. The Bertz CT molecular complexity index is 1110. The fourth-order valence-electron chi connectivity index (χ4n) is 2.48. The Hall–Kier alpha value is -3.86. The maximum absolute atomic E-state index is 11.6. The molecule has 0 atom stereocenters. The number of H-pyrrole nitrogens is 1. The van der Waals surface area contributed by atoms with Gasteiger partial charge >= 0.3 is 5.97 Å². The Morgan fingerprint density at radius 1 is 1.20 bits per heavy atom. The zero-order valence-corrected chi connectivity index (χ0v) is 16.7. The first-order valence-electron chi connectivity index (χ1n) is 8.42. The summed E-state index contributed by atoms with van der Waals surface area (Å²) in [4.78, 5) is 26.2. The molecule has 0 saturated heterocycles. The van der Waals surface area contributed by atoms with Gasteiger partial charge in [0.1, 0.15) is 16.4 Å². The van der Waals surface area contributed by atoms with E-state index in [0.29, 0.717) is 28.5 Å². The molecule has 1 aromatic heterocycles. The lowest BCUT2D eigenvalue weighted by molar-refractivity contribution is -0.384. The SMILES string of the molecule is COc1cc(OC)cc(-c2nc(S/C(=C\c3cccc([N+](=O)[O-])c3)C(=O)O)n[nH]2)c1. The number of carboxylic acids is 1. The summed E-state index contributed by atoms with van der Waals surface area (Å²) in [5, 5.41) is 27.4. The molecule has 2 aromatic carbocycles. The number of aromatic amines is 1. The highest BCUT2D eigenvalue weighted by Crippen LogP contribution is 2.31. The second-order valence-corrected chi connectivity index (χ2v) is 6.84. The van der Waals surface area contributed by atoms with E-state index >= 15 is 0 Å². The molecule has 10 nitrogen and oxygen atoms in total. The predicted molar refractivity (Wildman–Crippen MR) is 109 cm³/mol. The summed E-state index contributed by atoms with van der Waals surface area (Å²) in [5.41, 5.74) is 0.887. The number of non-ortho nitro benzene ring substituents is 1. The largest absolute Gasteiger partial charge is 0.497 e. The first-order valence-corrected chi connectivity index (χ1v) is 9.24. The number of rotatable bonds is 8. The number of aromatic nitrogens is 3. The van der Waals surface area contributed by atoms with Crippen molar-refractivity contribution in [2.75, 3.05) is 14.2 Å². The topological polar surface area (TPSA) is 140 Å². The monoisotopic (exact) mass is 428 g/mol. The third kappa shape index (κ3) is 4.94. The van der Waals surface area contributed by atoms with Crippen LogP contribution in [0, 0.1) is 10.1 Å². The maximum atomic E-state index is 11.6. The molecule has 3 aromatic rings. The van der Waals surface area contributed by atoms with Crippen LogP contribution in [0.25, 0.3) is 17.5 Å². The lowest BCUT2D eigenvalue weighted by Crippen LogP contribution is -1.97. The highest BCUT2D eigenvalue weighted by atomic mass is 32.2. The van der Waals surface area contributed by atoms with Crippen molar-refractivity contribution < 1.29 is 24.3 Å². The summed E-state index contributed by atoms with van der Waals surface area (Å²) < 4.78 is 10.5. The second kappa shape index (κ2) is 9.09. The molecular formula is C19H16N4O6S. The minimum atomic E-state index is -1.21. The lowest BCUT2D eigenvalue weighted by atomic mass is 10.2. The van der Waals surface area contributed by atoms with Crippen LogP contribution in [-0.2, 0) is 4.79 Å². The van der Waals surface area contributed by atoms with E-state index in [9.17, 15) is 20.0 Å². The van der Waals surface area contributed by atoms with Crippen LogP contribution in [0.4, 0.5) is 5.69 Å². The Morgan fingerprint density at radius 3 is 2.50 bits per heavy atom. The van der Waals surface area contributed by atoms with Crippen molar-refractivity contribution in [3.8, 4) is 22.9 Å². The zero-order chi connectivity index (χ0) is 21.7. The molecule has 3 rings (SSSR count). The van der Waals surface area contributed by atoms with Gasteiger partial charge in [-0.3, -0.25) is 15.2 Å². The van der Waals surface area contributed by atoms with Gasteiger partial charge in [-0.2, -0.15) is 0 Å². The van der Waals surface area contributed by atoms with E-state index in [4.69, 9.17) is 9.47 Å². The van der Waals surface area contributed by atoms with Crippen molar-refractivity contribution in [2.24, 2.45) is 0 Å².